The fraction of sp³-hybridized carbons (Fsp3) is 0.484. The highest BCUT2D eigenvalue weighted by Gasteiger charge is 2.48. The molecule has 4 heterocycles. The van der Waals surface area contributed by atoms with Gasteiger partial charge in [0.25, 0.3) is 0 Å². The summed E-state index contributed by atoms with van der Waals surface area (Å²) in [6, 6.07) is 7.20. The van der Waals surface area contributed by atoms with E-state index in [0.29, 0.717) is 32.1 Å². The number of aromatic nitrogens is 1. The second kappa shape index (κ2) is 9.13. The predicted octanol–water partition coefficient (Wildman–Crippen LogP) is 3.40. The Balaban J connectivity index is 1.36. The Morgan fingerprint density at radius 2 is 1.87 bits per heavy atom. The van der Waals surface area contributed by atoms with Crippen molar-refractivity contribution in [2.75, 3.05) is 57.5 Å². The zero-order chi connectivity index (χ0) is 25.9. The Bertz CT molecular complexity index is 1450. The number of allylic oxidation sites excluding steroid dienone is 1. The first-order valence-corrected chi connectivity index (χ1v) is 13.8. The Morgan fingerprint density at radius 3 is 2.55 bits per heavy atom. The summed E-state index contributed by atoms with van der Waals surface area (Å²) in [6.45, 7) is 8.72. The molecule has 5 aliphatic rings. The molecule has 7 rings (SSSR count). The molecule has 3 saturated heterocycles. The molecule has 1 N–H and O–H groups in total. The van der Waals surface area contributed by atoms with E-state index < -0.39 is 0 Å². The number of anilines is 1. The average Bonchev–Trinajstić information content (AvgIpc) is 3.32. The van der Waals surface area contributed by atoms with Gasteiger partial charge in [-0.15, -0.1) is 5.92 Å². The van der Waals surface area contributed by atoms with E-state index in [-0.39, 0.29) is 11.2 Å². The molecule has 1 spiro atoms. The second-order valence-corrected chi connectivity index (χ2v) is 11.1. The minimum absolute atomic E-state index is 0.0823. The van der Waals surface area contributed by atoms with Gasteiger partial charge < -0.3 is 19.4 Å². The molecule has 2 aliphatic carbocycles. The molecular formula is C31H32N4O3. The molecule has 2 aromatic rings. The van der Waals surface area contributed by atoms with Crippen molar-refractivity contribution in [1.82, 2.24) is 9.88 Å². The van der Waals surface area contributed by atoms with Gasteiger partial charge in [0.15, 0.2) is 5.78 Å². The van der Waals surface area contributed by atoms with Gasteiger partial charge in [-0.3, -0.25) is 9.69 Å². The third-order valence-corrected chi connectivity index (χ3v) is 9.24. The van der Waals surface area contributed by atoms with Crippen molar-refractivity contribution in [3.8, 4) is 17.9 Å². The van der Waals surface area contributed by atoms with Crippen LogP contribution in [0.25, 0.3) is 6.08 Å². The maximum atomic E-state index is 14.2. The van der Waals surface area contributed by atoms with Crippen LogP contribution < -0.4 is 4.90 Å². The second-order valence-electron chi connectivity index (χ2n) is 11.1. The number of hydrogen-bond acceptors (Lipinski definition) is 6. The Labute approximate surface area is 223 Å². The molecule has 38 heavy (non-hydrogen) atoms. The number of ketones is 1. The first-order chi connectivity index (χ1) is 18.6. The van der Waals surface area contributed by atoms with Gasteiger partial charge in [-0.1, -0.05) is 5.92 Å². The van der Waals surface area contributed by atoms with Crippen LogP contribution in [0.5, 0.6) is 0 Å². The van der Waals surface area contributed by atoms with Crippen molar-refractivity contribution in [2.24, 2.45) is 0 Å². The molecule has 0 bridgehead atoms. The van der Waals surface area contributed by atoms with E-state index in [0.717, 1.165) is 103 Å². The topological polar surface area (TPSA) is 81.6 Å². The SMILES string of the molecule is CC#Cc1cc2c(cc1N1CCN(C3COC3)CC1)C1(CCOCC1)c1[nH]c3c(c1C2=O)CCC(C#N)=C3. The van der Waals surface area contributed by atoms with Crippen molar-refractivity contribution in [3.05, 3.63) is 56.9 Å². The number of piperazine rings is 1. The molecule has 3 fully saturated rings. The predicted molar refractivity (Wildman–Crippen MR) is 144 cm³/mol. The lowest BCUT2D eigenvalue weighted by Crippen LogP contribution is -2.56. The van der Waals surface area contributed by atoms with Crippen LogP contribution in [0, 0.1) is 23.2 Å². The highest BCUT2D eigenvalue weighted by molar-refractivity contribution is 6.15. The lowest BCUT2D eigenvalue weighted by atomic mass is 9.64. The fourth-order valence-corrected chi connectivity index (χ4v) is 7.08. The van der Waals surface area contributed by atoms with Crippen LogP contribution in [0.15, 0.2) is 17.7 Å². The molecule has 1 aromatic heterocycles. The quantitative estimate of drug-likeness (QED) is 0.627. The van der Waals surface area contributed by atoms with Crippen LogP contribution in [-0.4, -0.2) is 74.3 Å². The maximum Gasteiger partial charge on any atom is 0.195 e. The zero-order valence-electron chi connectivity index (χ0n) is 21.9. The number of fused-ring (bicyclic) bond motifs is 6. The Hall–Kier alpha value is -3.36. The highest BCUT2D eigenvalue weighted by atomic mass is 16.5. The van der Waals surface area contributed by atoms with Gasteiger partial charge in [0.1, 0.15) is 0 Å². The lowest BCUT2D eigenvalue weighted by molar-refractivity contribution is -0.0660. The van der Waals surface area contributed by atoms with Gasteiger partial charge >= 0.3 is 0 Å². The maximum absolute atomic E-state index is 14.2. The van der Waals surface area contributed by atoms with Crippen LogP contribution in [0.4, 0.5) is 5.69 Å². The van der Waals surface area contributed by atoms with Crippen LogP contribution in [-0.2, 0) is 21.3 Å². The number of rotatable bonds is 2. The zero-order valence-corrected chi connectivity index (χ0v) is 21.9. The molecule has 0 unspecified atom stereocenters. The molecule has 3 aliphatic heterocycles. The number of nitrogens with zero attached hydrogens (tertiary/aromatic N) is 3. The summed E-state index contributed by atoms with van der Waals surface area (Å²) in [5.74, 6) is 6.51. The minimum Gasteiger partial charge on any atom is -0.381 e. The number of aromatic amines is 1. The molecule has 0 amide bonds. The summed E-state index contributed by atoms with van der Waals surface area (Å²) >= 11 is 0. The molecule has 194 valence electrons. The summed E-state index contributed by atoms with van der Waals surface area (Å²) in [5, 5.41) is 9.51. The van der Waals surface area contributed by atoms with Crippen molar-refractivity contribution in [2.45, 2.75) is 44.1 Å². The molecule has 7 heteroatoms. The number of nitriles is 1. The summed E-state index contributed by atoms with van der Waals surface area (Å²) in [5.41, 5.74) is 8.23. The Kier molecular flexibility index (Phi) is 5.70. The first kappa shape index (κ1) is 23.7. The fourth-order valence-electron chi connectivity index (χ4n) is 7.08. The molecule has 0 saturated carbocycles. The van der Waals surface area contributed by atoms with Gasteiger partial charge in [0.2, 0.25) is 0 Å². The van der Waals surface area contributed by atoms with Gasteiger partial charge in [-0.25, -0.2) is 0 Å². The van der Waals surface area contributed by atoms with Crippen LogP contribution in [0.1, 0.15) is 70.2 Å². The van der Waals surface area contributed by atoms with E-state index in [1.54, 1.807) is 0 Å². The largest absolute Gasteiger partial charge is 0.381 e. The van der Waals surface area contributed by atoms with Crippen LogP contribution in [0.3, 0.4) is 0 Å². The van der Waals surface area contributed by atoms with E-state index in [1.807, 2.05) is 13.0 Å². The third-order valence-electron chi connectivity index (χ3n) is 9.24. The number of H-pyrrole nitrogens is 1. The molecule has 0 radical (unpaired) electrons. The number of hydrogen-bond donors (Lipinski definition) is 1. The van der Waals surface area contributed by atoms with Gasteiger partial charge in [0.05, 0.1) is 31.0 Å². The van der Waals surface area contributed by atoms with E-state index in [2.05, 4.69) is 44.8 Å². The smallest absolute Gasteiger partial charge is 0.195 e. The lowest BCUT2D eigenvalue weighted by Gasteiger charge is -2.45. The summed E-state index contributed by atoms with van der Waals surface area (Å²) < 4.78 is 11.3. The number of carbonyl (C=O) groups is 1. The molecule has 7 nitrogen and oxygen atoms in total. The van der Waals surface area contributed by atoms with Crippen molar-refractivity contribution in [1.29, 1.82) is 5.26 Å². The highest BCUT2D eigenvalue weighted by Crippen LogP contribution is 2.51. The minimum atomic E-state index is -0.313. The van der Waals surface area contributed by atoms with Crippen LogP contribution >= 0.6 is 0 Å². The molecule has 1 aromatic carbocycles. The number of ether oxygens (including phenoxy) is 2. The van der Waals surface area contributed by atoms with Crippen LogP contribution in [0.2, 0.25) is 0 Å². The third kappa shape index (κ3) is 3.50. The average molecular weight is 509 g/mol. The summed E-state index contributed by atoms with van der Waals surface area (Å²) in [4.78, 5) is 22.8. The normalized spacial score (nSPS) is 22.4. The van der Waals surface area contributed by atoms with Crippen molar-refractivity contribution < 1.29 is 14.3 Å². The molecule has 0 atom stereocenters. The van der Waals surface area contributed by atoms with E-state index >= 15 is 0 Å². The van der Waals surface area contributed by atoms with Crippen molar-refractivity contribution in [3.63, 3.8) is 0 Å². The van der Waals surface area contributed by atoms with Gasteiger partial charge in [0, 0.05) is 78.5 Å². The van der Waals surface area contributed by atoms with E-state index in [4.69, 9.17) is 9.47 Å². The first-order valence-electron chi connectivity index (χ1n) is 13.8. The standard InChI is InChI=1S/C31H32N4O3/c1-2-3-21-15-24-25(16-27(21)35-10-8-34(9-11-35)22-18-38-19-22)31(6-12-37-13-7-31)30-28(29(24)36)23-5-4-20(17-32)14-26(23)33-30/h14-16,22,33H,4-13,18-19H2,1H3. The number of nitrogens with one attached hydrogen (secondary N) is 1. The number of carbonyl (C=O) groups excluding carboxylic acids is 1. The van der Waals surface area contributed by atoms with E-state index in [9.17, 15) is 10.1 Å². The van der Waals surface area contributed by atoms with Crippen molar-refractivity contribution >= 4 is 17.5 Å². The van der Waals surface area contributed by atoms with Gasteiger partial charge in [-0.2, -0.15) is 5.26 Å². The monoisotopic (exact) mass is 508 g/mol. The summed E-state index contributed by atoms with van der Waals surface area (Å²) in [7, 11) is 0. The Morgan fingerprint density at radius 1 is 1.08 bits per heavy atom. The van der Waals surface area contributed by atoms with E-state index in [1.165, 1.54) is 0 Å². The number of benzene rings is 1. The van der Waals surface area contributed by atoms with Gasteiger partial charge in [-0.05, 0) is 61.9 Å². The summed E-state index contributed by atoms with van der Waals surface area (Å²) in [6.07, 6.45) is 4.97. The molecular weight excluding hydrogens is 476 g/mol.